The van der Waals surface area contributed by atoms with Crippen molar-refractivity contribution in [2.75, 3.05) is 5.43 Å². The minimum Gasteiger partial charge on any atom is -0.506 e. The van der Waals surface area contributed by atoms with Gasteiger partial charge in [0.15, 0.2) is 0 Å². The third-order valence-electron chi connectivity index (χ3n) is 3.14. The number of hydrogen-bond acceptors (Lipinski definition) is 4. The van der Waals surface area contributed by atoms with Crippen molar-refractivity contribution in [2.24, 2.45) is 0 Å². The van der Waals surface area contributed by atoms with Gasteiger partial charge in [-0.1, -0.05) is 23.7 Å². The summed E-state index contributed by atoms with van der Waals surface area (Å²) in [5, 5.41) is 12.4. The lowest BCUT2D eigenvalue weighted by Gasteiger charge is -2.47. The number of benzene rings is 1. The Kier molecular flexibility index (Phi) is 2.78. The number of allylic oxidation sites excluding steroid dienone is 2. The summed E-state index contributed by atoms with van der Waals surface area (Å²) in [6.45, 7) is 1.99. The summed E-state index contributed by atoms with van der Waals surface area (Å²) in [5.41, 5.74) is 8.14. The molecular formula is C13H14ClN3O. The van der Waals surface area contributed by atoms with Crippen molar-refractivity contribution >= 4 is 17.3 Å². The van der Waals surface area contributed by atoms with E-state index in [0.717, 1.165) is 10.6 Å². The standard InChI is InChI=1S/C13H14ClN3O/c1-8-2-5-13(18)11(6-8)16-17-12-4-3-9(14)7-10(12)15-17/h2-7,10,12,15-16,18H,1H3. The Morgan fingerprint density at radius 1 is 1.44 bits per heavy atom. The highest BCUT2D eigenvalue weighted by molar-refractivity contribution is 6.31. The quantitative estimate of drug-likeness (QED) is 0.717. The number of hydrogen-bond donors (Lipinski definition) is 3. The zero-order valence-corrected chi connectivity index (χ0v) is 10.6. The van der Waals surface area contributed by atoms with Crippen molar-refractivity contribution < 1.29 is 5.11 Å². The number of rotatable bonds is 2. The van der Waals surface area contributed by atoms with Crippen molar-refractivity contribution in [3.63, 3.8) is 0 Å². The van der Waals surface area contributed by atoms with Gasteiger partial charge in [0.25, 0.3) is 0 Å². The lowest BCUT2D eigenvalue weighted by Crippen LogP contribution is -2.70. The maximum absolute atomic E-state index is 9.77. The molecule has 0 radical (unpaired) electrons. The first-order valence-electron chi connectivity index (χ1n) is 5.81. The number of aryl methyl sites for hydroxylation is 1. The Morgan fingerprint density at radius 2 is 2.28 bits per heavy atom. The summed E-state index contributed by atoms with van der Waals surface area (Å²) in [5.74, 6) is 0.235. The highest BCUT2D eigenvalue weighted by atomic mass is 35.5. The second-order valence-corrected chi connectivity index (χ2v) is 4.99. The Hall–Kier alpha value is -1.49. The topological polar surface area (TPSA) is 47.5 Å². The number of nitrogens with one attached hydrogen (secondary N) is 2. The van der Waals surface area contributed by atoms with Gasteiger partial charge in [0, 0.05) is 5.03 Å². The van der Waals surface area contributed by atoms with Gasteiger partial charge in [0.05, 0.1) is 17.8 Å². The van der Waals surface area contributed by atoms with Crippen LogP contribution >= 0.6 is 11.6 Å². The number of halogens is 1. The molecule has 3 rings (SSSR count). The zero-order chi connectivity index (χ0) is 12.7. The highest BCUT2D eigenvalue weighted by Gasteiger charge is 2.37. The van der Waals surface area contributed by atoms with Gasteiger partial charge in [-0.25, -0.2) is 5.43 Å². The normalized spacial score (nSPS) is 26.2. The van der Waals surface area contributed by atoms with Gasteiger partial charge in [-0.15, -0.1) is 5.12 Å². The minimum atomic E-state index is 0.215. The third kappa shape index (κ3) is 1.99. The molecule has 3 N–H and O–H groups in total. The predicted octanol–water partition coefficient (Wildman–Crippen LogP) is 2.28. The molecule has 2 atom stereocenters. The molecule has 5 heteroatoms. The van der Waals surface area contributed by atoms with Crippen LogP contribution < -0.4 is 10.9 Å². The van der Waals surface area contributed by atoms with Crippen LogP contribution in [0.15, 0.2) is 41.5 Å². The second-order valence-electron chi connectivity index (χ2n) is 4.56. The summed E-state index contributed by atoms with van der Waals surface area (Å²) in [4.78, 5) is 0. The predicted molar refractivity (Wildman–Crippen MR) is 72.1 cm³/mol. The van der Waals surface area contributed by atoms with E-state index < -0.39 is 0 Å². The number of fused-ring (bicyclic) bond motifs is 1. The average Bonchev–Trinajstić information content (AvgIpc) is 2.31. The number of nitrogens with zero attached hydrogens (tertiary/aromatic N) is 1. The van der Waals surface area contributed by atoms with Crippen LogP contribution in [-0.2, 0) is 0 Å². The van der Waals surface area contributed by atoms with Gasteiger partial charge >= 0.3 is 0 Å². The largest absolute Gasteiger partial charge is 0.506 e. The molecular weight excluding hydrogens is 250 g/mol. The van der Waals surface area contributed by atoms with E-state index >= 15 is 0 Å². The number of hydrazine groups is 2. The van der Waals surface area contributed by atoms with E-state index in [-0.39, 0.29) is 17.8 Å². The molecule has 4 nitrogen and oxygen atoms in total. The molecule has 2 unspecified atom stereocenters. The molecule has 1 aromatic rings. The highest BCUT2D eigenvalue weighted by Crippen LogP contribution is 2.29. The monoisotopic (exact) mass is 263 g/mol. The zero-order valence-electron chi connectivity index (χ0n) is 9.89. The Balaban J connectivity index is 1.72. The first kappa shape index (κ1) is 11.6. The van der Waals surface area contributed by atoms with Gasteiger partial charge in [-0.05, 0) is 36.8 Å². The van der Waals surface area contributed by atoms with Crippen LogP contribution in [0.1, 0.15) is 5.56 Å². The molecule has 1 aliphatic carbocycles. The molecule has 0 spiro atoms. The maximum Gasteiger partial charge on any atom is 0.140 e. The van der Waals surface area contributed by atoms with Crippen molar-refractivity contribution in [1.82, 2.24) is 10.5 Å². The van der Waals surface area contributed by atoms with E-state index in [1.165, 1.54) is 0 Å². The van der Waals surface area contributed by atoms with Crippen LogP contribution in [0.5, 0.6) is 5.75 Å². The van der Waals surface area contributed by atoms with Crippen LogP contribution in [-0.4, -0.2) is 22.3 Å². The van der Waals surface area contributed by atoms with Crippen LogP contribution in [0.25, 0.3) is 0 Å². The summed E-state index contributed by atoms with van der Waals surface area (Å²) < 4.78 is 0. The van der Waals surface area contributed by atoms with Crippen molar-refractivity contribution in [1.29, 1.82) is 0 Å². The molecule has 1 saturated heterocycles. The van der Waals surface area contributed by atoms with E-state index in [1.54, 1.807) is 6.07 Å². The molecule has 18 heavy (non-hydrogen) atoms. The van der Waals surface area contributed by atoms with E-state index in [0.29, 0.717) is 5.69 Å². The fraction of sp³-hybridized carbons (Fsp3) is 0.231. The molecule has 0 bridgehead atoms. The fourth-order valence-electron chi connectivity index (χ4n) is 2.14. The fourth-order valence-corrected chi connectivity index (χ4v) is 2.35. The van der Waals surface area contributed by atoms with Gasteiger partial charge in [-0.2, -0.15) is 0 Å². The first-order chi connectivity index (χ1) is 8.63. The Bertz CT molecular complexity index is 541. The molecule has 1 aromatic carbocycles. The maximum atomic E-state index is 9.77. The molecule has 0 saturated carbocycles. The van der Waals surface area contributed by atoms with Gasteiger partial charge in [0.1, 0.15) is 5.75 Å². The Morgan fingerprint density at radius 3 is 3.06 bits per heavy atom. The molecule has 1 aliphatic heterocycles. The first-order valence-corrected chi connectivity index (χ1v) is 6.18. The second kappa shape index (κ2) is 4.31. The molecule has 1 fully saturated rings. The van der Waals surface area contributed by atoms with Crippen LogP contribution in [0, 0.1) is 6.92 Å². The number of phenols is 1. The van der Waals surface area contributed by atoms with E-state index in [2.05, 4.69) is 10.9 Å². The molecule has 94 valence electrons. The molecule has 0 amide bonds. The van der Waals surface area contributed by atoms with Crippen LogP contribution in [0.4, 0.5) is 5.69 Å². The third-order valence-corrected chi connectivity index (χ3v) is 3.39. The van der Waals surface area contributed by atoms with Crippen LogP contribution in [0.3, 0.4) is 0 Å². The minimum absolute atomic E-state index is 0.215. The van der Waals surface area contributed by atoms with Crippen molar-refractivity contribution in [3.05, 3.63) is 47.0 Å². The van der Waals surface area contributed by atoms with E-state index in [1.807, 2.05) is 42.4 Å². The SMILES string of the molecule is Cc1ccc(O)c(NN2NC3C=C(Cl)C=CC32)c1. The summed E-state index contributed by atoms with van der Waals surface area (Å²) >= 11 is 5.92. The van der Waals surface area contributed by atoms with Gasteiger partial charge < -0.3 is 10.5 Å². The van der Waals surface area contributed by atoms with E-state index in [9.17, 15) is 5.11 Å². The number of aromatic hydroxyl groups is 1. The average molecular weight is 264 g/mol. The summed E-state index contributed by atoms with van der Waals surface area (Å²) in [6, 6.07) is 5.90. The molecule has 0 aromatic heterocycles. The lowest BCUT2D eigenvalue weighted by molar-refractivity contribution is 0.0451. The van der Waals surface area contributed by atoms with Crippen LogP contribution in [0.2, 0.25) is 0 Å². The molecule has 1 heterocycles. The smallest absolute Gasteiger partial charge is 0.140 e. The summed E-state index contributed by atoms with van der Waals surface area (Å²) in [6.07, 6.45) is 5.89. The number of phenolic OH excluding ortho intramolecular Hbond substituents is 1. The van der Waals surface area contributed by atoms with E-state index in [4.69, 9.17) is 11.6 Å². The molecule has 2 aliphatic rings. The lowest BCUT2D eigenvalue weighted by atomic mass is 10.00. The van der Waals surface area contributed by atoms with Crippen molar-refractivity contribution in [3.8, 4) is 5.75 Å². The van der Waals surface area contributed by atoms with Gasteiger partial charge in [0.2, 0.25) is 0 Å². The summed E-state index contributed by atoms with van der Waals surface area (Å²) in [7, 11) is 0. The van der Waals surface area contributed by atoms with Crippen molar-refractivity contribution in [2.45, 2.75) is 19.0 Å². The van der Waals surface area contributed by atoms with Gasteiger partial charge in [-0.3, -0.25) is 0 Å². The number of anilines is 1. The Labute approximate surface area is 110 Å².